The van der Waals surface area contributed by atoms with Crippen LogP contribution in [0.25, 0.3) is 0 Å². The van der Waals surface area contributed by atoms with Crippen LogP contribution in [0.4, 0.5) is 0 Å². The van der Waals surface area contributed by atoms with Crippen molar-refractivity contribution in [3.05, 3.63) is 0 Å². The highest BCUT2D eigenvalue weighted by Crippen LogP contribution is 2.16. The number of nitrogens with zero attached hydrogens (tertiary/aromatic N) is 1. The number of nitrogens with one attached hydrogen (secondary N) is 2. The minimum atomic E-state index is 0.582. The van der Waals surface area contributed by atoms with Crippen LogP contribution in [0.2, 0.25) is 0 Å². The van der Waals surface area contributed by atoms with Crippen LogP contribution >= 0.6 is 12.2 Å². The Kier molecular flexibility index (Phi) is 7.62. The van der Waals surface area contributed by atoms with Crippen LogP contribution < -0.4 is 10.6 Å². The molecule has 0 spiro atoms. The molecule has 1 heterocycles. The fourth-order valence-electron chi connectivity index (χ4n) is 2.99. The van der Waals surface area contributed by atoms with Gasteiger partial charge in [-0.1, -0.05) is 32.1 Å². The normalized spacial score (nSPS) is 22.8. The lowest BCUT2D eigenvalue weighted by Gasteiger charge is -2.27. The third-order valence-corrected chi connectivity index (χ3v) is 4.52. The van der Waals surface area contributed by atoms with Crippen molar-refractivity contribution in [2.24, 2.45) is 0 Å². The molecule has 0 atom stereocenters. The summed E-state index contributed by atoms with van der Waals surface area (Å²) in [7, 11) is 0. The molecule has 5 heteroatoms. The van der Waals surface area contributed by atoms with E-state index in [2.05, 4.69) is 15.5 Å². The summed E-state index contributed by atoms with van der Waals surface area (Å²) < 4.78 is 5.35. The summed E-state index contributed by atoms with van der Waals surface area (Å²) in [6.07, 6.45) is 9.40. The van der Waals surface area contributed by atoms with Crippen molar-refractivity contribution in [1.82, 2.24) is 15.5 Å². The average Bonchev–Trinajstić information content (AvgIpc) is 2.43. The lowest BCUT2D eigenvalue weighted by Crippen LogP contribution is -2.46. The minimum absolute atomic E-state index is 0.582. The van der Waals surface area contributed by atoms with E-state index in [1.54, 1.807) is 0 Å². The summed E-state index contributed by atoms with van der Waals surface area (Å²) >= 11 is 5.41. The molecule has 2 rings (SSSR count). The third-order valence-electron chi connectivity index (χ3n) is 4.26. The van der Waals surface area contributed by atoms with Gasteiger partial charge in [0.1, 0.15) is 0 Å². The number of ether oxygens (including phenoxy) is 1. The maximum absolute atomic E-state index is 5.41. The average molecular weight is 299 g/mol. The molecule has 0 aromatic rings. The minimum Gasteiger partial charge on any atom is -0.379 e. The van der Waals surface area contributed by atoms with E-state index in [1.807, 2.05) is 0 Å². The van der Waals surface area contributed by atoms with Crippen molar-refractivity contribution in [2.45, 2.75) is 51.0 Å². The van der Waals surface area contributed by atoms with Crippen molar-refractivity contribution in [3.63, 3.8) is 0 Å². The summed E-state index contributed by atoms with van der Waals surface area (Å²) in [6, 6.07) is 0.582. The fourth-order valence-corrected chi connectivity index (χ4v) is 3.26. The highest BCUT2D eigenvalue weighted by molar-refractivity contribution is 7.80. The number of thiocarbonyl (C=S) groups is 1. The number of morpholine rings is 1. The highest BCUT2D eigenvalue weighted by Gasteiger charge is 2.13. The molecular weight excluding hydrogens is 270 g/mol. The molecule has 2 fully saturated rings. The summed E-state index contributed by atoms with van der Waals surface area (Å²) in [5.41, 5.74) is 0. The zero-order valence-corrected chi connectivity index (χ0v) is 13.3. The van der Waals surface area contributed by atoms with Crippen molar-refractivity contribution in [1.29, 1.82) is 0 Å². The molecular formula is C15H29N3OS. The summed E-state index contributed by atoms with van der Waals surface area (Å²) in [4.78, 5) is 2.43. The molecule has 0 amide bonds. The van der Waals surface area contributed by atoms with Crippen LogP contribution in [0.3, 0.4) is 0 Å². The van der Waals surface area contributed by atoms with Gasteiger partial charge in [0.25, 0.3) is 0 Å². The first-order valence-electron chi connectivity index (χ1n) is 8.19. The monoisotopic (exact) mass is 299 g/mol. The van der Waals surface area contributed by atoms with Crippen LogP contribution in [-0.4, -0.2) is 55.4 Å². The molecule has 2 aliphatic rings. The van der Waals surface area contributed by atoms with Crippen LogP contribution in [0.15, 0.2) is 0 Å². The largest absolute Gasteiger partial charge is 0.379 e. The van der Waals surface area contributed by atoms with Gasteiger partial charge in [0.05, 0.1) is 13.2 Å². The van der Waals surface area contributed by atoms with Gasteiger partial charge in [-0.05, 0) is 25.1 Å². The third kappa shape index (κ3) is 6.37. The van der Waals surface area contributed by atoms with Gasteiger partial charge in [0.15, 0.2) is 5.11 Å². The van der Waals surface area contributed by atoms with Gasteiger partial charge < -0.3 is 15.4 Å². The van der Waals surface area contributed by atoms with Crippen molar-refractivity contribution in [3.8, 4) is 0 Å². The number of rotatable bonds is 4. The molecule has 1 aliphatic heterocycles. The first kappa shape index (κ1) is 16.0. The summed E-state index contributed by atoms with van der Waals surface area (Å²) in [5.74, 6) is 0. The molecule has 0 bridgehead atoms. The highest BCUT2D eigenvalue weighted by atomic mass is 32.1. The van der Waals surface area contributed by atoms with E-state index in [-0.39, 0.29) is 0 Å². The zero-order chi connectivity index (χ0) is 14.0. The topological polar surface area (TPSA) is 36.5 Å². The van der Waals surface area contributed by atoms with E-state index < -0.39 is 0 Å². The van der Waals surface area contributed by atoms with Crippen molar-refractivity contribution >= 4 is 17.3 Å². The lowest BCUT2D eigenvalue weighted by molar-refractivity contribution is 0.0389. The molecule has 4 nitrogen and oxygen atoms in total. The van der Waals surface area contributed by atoms with Crippen molar-refractivity contribution in [2.75, 3.05) is 39.4 Å². The molecule has 1 saturated heterocycles. The Morgan fingerprint density at radius 1 is 1.05 bits per heavy atom. The molecule has 0 aromatic heterocycles. The van der Waals surface area contributed by atoms with Crippen LogP contribution in [0, 0.1) is 0 Å². The molecule has 116 valence electrons. The second-order valence-electron chi connectivity index (χ2n) is 5.90. The first-order valence-corrected chi connectivity index (χ1v) is 8.60. The van der Waals surface area contributed by atoms with Crippen LogP contribution in [0.5, 0.6) is 0 Å². The predicted molar refractivity (Wildman–Crippen MR) is 87.1 cm³/mol. The molecule has 1 aliphatic carbocycles. The Bertz CT molecular complexity index is 274. The Morgan fingerprint density at radius 2 is 1.70 bits per heavy atom. The molecule has 2 N–H and O–H groups in total. The molecule has 0 unspecified atom stereocenters. The van der Waals surface area contributed by atoms with Gasteiger partial charge in [-0.2, -0.15) is 0 Å². The smallest absolute Gasteiger partial charge is 0.166 e. The SMILES string of the molecule is S=C(NCCN1CCOCC1)NC1CCCCCCC1. The second-order valence-corrected chi connectivity index (χ2v) is 6.30. The van der Waals surface area contributed by atoms with Gasteiger partial charge in [-0.3, -0.25) is 4.90 Å². The first-order chi connectivity index (χ1) is 9.84. The molecule has 0 radical (unpaired) electrons. The maximum Gasteiger partial charge on any atom is 0.166 e. The summed E-state index contributed by atoms with van der Waals surface area (Å²) in [6.45, 7) is 5.80. The second kappa shape index (κ2) is 9.53. The molecule has 20 heavy (non-hydrogen) atoms. The standard InChI is InChI=1S/C15H29N3OS/c20-15(16-8-9-18-10-12-19-13-11-18)17-14-6-4-2-1-3-5-7-14/h14H,1-13H2,(H2,16,17,20). The zero-order valence-electron chi connectivity index (χ0n) is 12.5. The predicted octanol–water partition coefficient (Wildman–Crippen LogP) is 1.90. The van der Waals surface area contributed by atoms with E-state index >= 15 is 0 Å². The Labute approximate surface area is 128 Å². The van der Waals surface area contributed by atoms with E-state index in [1.165, 1.54) is 44.9 Å². The maximum atomic E-state index is 5.41. The summed E-state index contributed by atoms with van der Waals surface area (Å²) in [5, 5.41) is 7.69. The lowest BCUT2D eigenvalue weighted by atomic mass is 9.97. The Balaban J connectivity index is 1.56. The number of hydrogen-bond donors (Lipinski definition) is 2. The Morgan fingerprint density at radius 3 is 2.40 bits per heavy atom. The Hall–Kier alpha value is -0.390. The van der Waals surface area contributed by atoms with Gasteiger partial charge in [-0.15, -0.1) is 0 Å². The van der Waals surface area contributed by atoms with E-state index in [0.29, 0.717) is 6.04 Å². The van der Waals surface area contributed by atoms with E-state index in [9.17, 15) is 0 Å². The van der Waals surface area contributed by atoms with Crippen molar-refractivity contribution < 1.29 is 4.74 Å². The fraction of sp³-hybridized carbons (Fsp3) is 0.933. The van der Waals surface area contributed by atoms with Crippen LogP contribution in [-0.2, 0) is 4.74 Å². The molecule has 1 saturated carbocycles. The number of hydrogen-bond acceptors (Lipinski definition) is 3. The van der Waals surface area contributed by atoms with E-state index in [4.69, 9.17) is 17.0 Å². The van der Waals surface area contributed by atoms with Gasteiger partial charge in [-0.25, -0.2) is 0 Å². The molecule has 0 aromatic carbocycles. The quantitative estimate of drug-likeness (QED) is 0.776. The van der Waals surface area contributed by atoms with E-state index in [0.717, 1.165) is 44.5 Å². The van der Waals surface area contributed by atoms with Crippen LogP contribution in [0.1, 0.15) is 44.9 Å². The van der Waals surface area contributed by atoms with Gasteiger partial charge in [0, 0.05) is 32.2 Å². The van der Waals surface area contributed by atoms with Gasteiger partial charge >= 0.3 is 0 Å². The van der Waals surface area contributed by atoms with Gasteiger partial charge in [0.2, 0.25) is 0 Å².